The van der Waals surface area contributed by atoms with Crippen molar-refractivity contribution in [2.24, 2.45) is 0 Å². The molecule has 3 nitrogen and oxygen atoms in total. The first-order chi connectivity index (χ1) is 8.78. The molecule has 0 fully saturated rings. The van der Waals surface area contributed by atoms with Crippen molar-refractivity contribution >= 4 is 0 Å². The van der Waals surface area contributed by atoms with Crippen LogP contribution in [0.4, 0.5) is 0 Å². The monoisotopic (exact) mass is 249 g/mol. The van der Waals surface area contributed by atoms with Gasteiger partial charge < -0.3 is 14.8 Å². The van der Waals surface area contributed by atoms with E-state index in [1.807, 2.05) is 31.3 Å². The minimum absolute atomic E-state index is 0.232. The molecule has 1 N–H and O–H groups in total. The van der Waals surface area contributed by atoms with Crippen LogP contribution in [0.5, 0.6) is 11.5 Å². The number of rotatable bonds is 8. The molecule has 0 heterocycles. The summed E-state index contributed by atoms with van der Waals surface area (Å²) < 4.78 is 10.9. The van der Waals surface area contributed by atoms with Crippen molar-refractivity contribution in [2.75, 3.05) is 21.3 Å². The Balaban J connectivity index is 2.98. The normalized spacial score (nSPS) is 11.9. The summed E-state index contributed by atoms with van der Waals surface area (Å²) in [5, 5.41) is 3.33. The molecule has 0 aliphatic carbocycles. The van der Waals surface area contributed by atoms with Crippen LogP contribution in [0.1, 0.15) is 30.9 Å². The lowest BCUT2D eigenvalue weighted by Crippen LogP contribution is -2.18. The maximum absolute atomic E-state index is 5.44. The van der Waals surface area contributed by atoms with Crippen molar-refractivity contribution in [1.82, 2.24) is 5.32 Å². The molecule has 1 atom stereocenters. The number of hydrogen-bond donors (Lipinski definition) is 1. The van der Waals surface area contributed by atoms with Crippen LogP contribution in [-0.4, -0.2) is 21.3 Å². The molecule has 0 aliphatic heterocycles. The first-order valence-corrected chi connectivity index (χ1v) is 6.27. The number of methoxy groups -OCH3 is 2. The highest BCUT2D eigenvalue weighted by atomic mass is 16.5. The van der Waals surface area contributed by atoms with Gasteiger partial charge in [-0.1, -0.05) is 12.1 Å². The second-order valence-corrected chi connectivity index (χ2v) is 4.14. The van der Waals surface area contributed by atoms with Crippen LogP contribution in [0, 0.1) is 0 Å². The summed E-state index contributed by atoms with van der Waals surface area (Å²) in [6.45, 7) is 3.75. The molecule has 0 saturated carbocycles. The lowest BCUT2D eigenvalue weighted by molar-refractivity contribution is 0.369. The molecule has 0 radical (unpaired) electrons. The minimum atomic E-state index is 0.232. The Kier molecular flexibility index (Phi) is 6.29. The molecular weight excluding hydrogens is 226 g/mol. The van der Waals surface area contributed by atoms with Gasteiger partial charge in [0.2, 0.25) is 0 Å². The highest BCUT2D eigenvalue weighted by Crippen LogP contribution is 2.36. The minimum Gasteiger partial charge on any atom is -0.496 e. The van der Waals surface area contributed by atoms with Crippen LogP contribution < -0.4 is 14.8 Å². The van der Waals surface area contributed by atoms with E-state index in [-0.39, 0.29) is 6.04 Å². The fourth-order valence-electron chi connectivity index (χ4n) is 2.12. The molecule has 1 rings (SSSR count). The lowest BCUT2D eigenvalue weighted by atomic mass is 9.99. The summed E-state index contributed by atoms with van der Waals surface area (Å²) in [7, 11) is 5.34. The molecule has 1 aromatic rings. The van der Waals surface area contributed by atoms with Gasteiger partial charge in [-0.25, -0.2) is 0 Å². The van der Waals surface area contributed by atoms with Gasteiger partial charge in [-0.05, 0) is 38.4 Å². The quantitative estimate of drug-likeness (QED) is 0.566. The maximum Gasteiger partial charge on any atom is 0.127 e. The van der Waals surface area contributed by atoms with Crippen LogP contribution in [0.15, 0.2) is 30.9 Å². The van der Waals surface area contributed by atoms with Crippen molar-refractivity contribution in [1.29, 1.82) is 0 Å². The average molecular weight is 249 g/mol. The van der Waals surface area contributed by atoms with E-state index >= 15 is 0 Å². The van der Waals surface area contributed by atoms with Crippen molar-refractivity contribution in [2.45, 2.75) is 25.3 Å². The molecular formula is C15H23NO2. The Hall–Kier alpha value is -1.48. The van der Waals surface area contributed by atoms with Gasteiger partial charge in [0.1, 0.15) is 11.5 Å². The SMILES string of the molecule is C=CCCCC(NC)c1c(OC)cccc1OC. The topological polar surface area (TPSA) is 30.5 Å². The Morgan fingerprint density at radius 1 is 1.28 bits per heavy atom. The van der Waals surface area contributed by atoms with E-state index in [0.29, 0.717) is 0 Å². The predicted octanol–water partition coefficient (Wildman–Crippen LogP) is 3.32. The van der Waals surface area contributed by atoms with Crippen LogP contribution in [0.3, 0.4) is 0 Å². The highest BCUT2D eigenvalue weighted by molar-refractivity contribution is 5.47. The first kappa shape index (κ1) is 14.6. The number of allylic oxidation sites excluding steroid dienone is 1. The van der Waals surface area contributed by atoms with Crippen molar-refractivity contribution in [3.63, 3.8) is 0 Å². The lowest BCUT2D eigenvalue weighted by Gasteiger charge is -2.21. The smallest absolute Gasteiger partial charge is 0.127 e. The number of unbranched alkanes of at least 4 members (excludes halogenated alkanes) is 1. The molecule has 18 heavy (non-hydrogen) atoms. The Morgan fingerprint density at radius 2 is 1.89 bits per heavy atom. The van der Waals surface area contributed by atoms with E-state index in [1.165, 1.54) is 0 Å². The van der Waals surface area contributed by atoms with Crippen LogP contribution in [-0.2, 0) is 0 Å². The molecule has 1 aromatic carbocycles. The van der Waals surface area contributed by atoms with E-state index in [0.717, 1.165) is 36.3 Å². The van der Waals surface area contributed by atoms with Crippen molar-refractivity contribution in [3.8, 4) is 11.5 Å². The average Bonchev–Trinajstić information content (AvgIpc) is 2.43. The van der Waals surface area contributed by atoms with E-state index in [4.69, 9.17) is 9.47 Å². The molecule has 0 amide bonds. The third-order valence-corrected chi connectivity index (χ3v) is 3.06. The Bertz CT molecular complexity index is 355. The van der Waals surface area contributed by atoms with E-state index in [9.17, 15) is 0 Å². The van der Waals surface area contributed by atoms with Crippen molar-refractivity contribution < 1.29 is 9.47 Å². The second kappa shape index (κ2) is 7.77. The van der Waals surface area contributed by atoms with Crippen LogP contribution in [0.2, 0.25) is 0 Å². The van der Waals surface area contributed by atoms with Gasteiger partial charge in [-0.15, -0.1) is 6.58 Å². The number of hydrogen-bond acceptors (Lipinski definition) is 3. The van der Waals surface area contributed by atoms with Gasteiger partial charge in [0, 0.05) is 6.04 Å². The zero-order chi connectivity index (χ0) is 13.4. The zero-order valence-corrected chi connectivity index (χ0v) is 11.5. The Labute approximate surface area is 110 Å². The molecule has 0 saturated heterocycles. The number of benzene rings is 1. The standard InChI is InChI=1S/C15H23NO2/c1-5-6-7-9-12(16-2)15-13(17-3)10-8-11-14(15)18-4/h5,8,10-12,16H,1,6-7,9H2,2-4H3. The molecule has 0 aliphatic rings. The van der Waals surface area contributed by atoms with Crippen LogP contribution in [0.25, 0.3) is 0 Å². The third-order valence-electron chi connectivity index (χ3n) is 3.06. The number of ether oxygens (including phenoxy) is 2. The fourth-order valence-corrected chi connectivity index (χ4v) is 2.12. The summed E-state index contributed by atoms with van der Waals surface area (Å²) in [5.74, 6) is 1.74. The third kappa shape index (κ3) is 3.50. The van der Waals surface area contributed by atoms with Gasteiger partial charge in [0.25, 0.3) is 0 Å². The molecule has 1 unspecified atom stereocenters. The molecule has 0 aromatic heterocycles. The summed E-state index contributed by atoms with van der Waals surface area (Å²) in [6.07, 6.45) is 5.09. The predicted molar refractivity (Wildman–Crippen MR) is 75.4 cm³/mol. The van der Waals surface area contributed by atoms with E-state index < -0.39 is 0 Å². The number of nitrogens with one attached hydrogen (secondary N) is 1. The van der Waals surface area contributed by atoms with Crippen LogP contribution >= 0.6 is 0 Å². The summed E-state index contributed by atoms with van der Waals surface area (Å²) in [5.41, 5.74) is 1.09. The van der Waals surface area contributed by atoms with Crippen molar-refractivity contribution in [3.05, 3.63) is 36.4 Å². The van der Waals surface area contributed by atoms with Gasteiger partial charge in [-0.3, -0.25) is 0 Å². The Morgan fingerprint density at radius 3 is 2.33 bits per heavy atom. The highest BCUT2D eigenvalue weighted by Gasteiger charge is 2.18. The fraction of sp³-hybridized carbons (Fsp3) is 0.467. The summed E-state index contributed by atoms with van der Waals surface area (Å²) in [4.78, 5) is 0. The van der Waals surface area contributed by atoms with Gasteiger partial charge >= 0.3 is 0 Å². The summed E-state index contributed by atoms with van der Waals surface area (Å²) in [6, 6.07) is 6.11. The maximum atomic E-state index is 5.44. The second-order valence-electron chi connectivity index (χ2n) is 4.14. The molecule has 3 heteroatoms. The summed E-state index contributed by atoms with van der Waals surface area (Å²) >= 11 is 0. The van der Waals surface area contributed by atoms with Gasteiger partial charge in [0.15, 0.2) is 0 Å². The molecule has 100 valence electrons. The molecule has 0 spiro atoms. The van der Waals surface area contributed by atoms with Gasteiger partial charge in [0.05, 0.1) is 19.8 Å². The molecule has 0 bridgehead atoms. The van der Waals surface area contributed by atoms with Gasteiger partial charge in [-0.2, -0.15) is 0 Å². The van der Waals surface area contributed by atoms with E-state index in [2.05, 4.69) is 11.9 Å². The van der Waals surface area contributed by atoms with E-state index in [1.54, 1.807) is 14.2 Å². The zero-order valence-electron chi connectivity index (χ0n) is 11.5. The first-order valence-electron chi connectivity index (χ1n) is 6.27. The largest absolute Gasteiger partial charge is 0.496 e.